The maximum absolute atomic E-state index is 10.6. The van der Waals surface area contributed by atoms with E-state index in [2.05, 4.69) is 4.74 Å². The van der Waals surface area contributed by atoms with Crippen LogP contribution in [0.1, 0.15) is 13.3 Å². The second kappa shape index (κ2) is 3.48. The fourth-order valence-electron chi connectivity index (χ4n) is 0.911. The maximum atomic E-state index is 10.6. The fraction of sp³-hybridized carbons (Fsp3) is 0.833. The van der Waals surface area contributed by atoms with Crippen molar-refractivity contribution < 1.29 is 14.3 Å². The quantitative estimate of drug-likeness (QED) is 0.516. The van der Waals surface area contributed by atoms with E-state index in [0.717, 1.165) is 0 Å². The number of rotatable bonds is 1. The average molecular weight is 233 g/mol. The zero-order valence-corrected chi connectivity index (χ0v) is 8.49. The molecule has 1 saturated heterocycles. The van der Waals surface area contributed by atoms with Crippen LogP contribution in [0.5, 0.6) is 0 Å². The number of cyclic esters (lactones) is 2. The molecule has 0 bridgehead atoms. The van der Waals surface area contributed by atoms with Crippen LogP contribution in [0.2, 0.25) is 0 Å². The van der Waals surface area contributed by atoms with Crippen LogP contribution in [-0.4, -0.2) is 22.2 Å². The van der Waals surface area contributed by atoms with Gasteiger partial charge in [-0.1, -0.05) is 34.8 Å². The van der Waals surface area contributed by atoms with Crippen LogP contribution in [0.3, 0.4) is 0 Å². The molecule has 0 aliphatic carbocycles. The third kappa shape index (κ3) is 2.88. The molecule has 0 aromatic rings. The monoisotopic (exact) mass is 232 g/mol. The summed E-state index contributed by atoms with van der Waals surface area (Å²) in [6.45, 7) is 1.69. The predicted molar refractivity (Wildman–Crippen MR) is 45.7 cm³/mol. The van der Waals surface area contributed by atoms with Gasteiger partial charge in [-0.2, -0.15) is 0 Å². The molecule has 2 atom stereocenters. The summed E-state index contributed by atoms with van der Waals surface area (Å²) in [7, 11) is 0. The molecular formula is C6H7Cl3O3. The van der Waals surface area contributed by atoms with Gasteiger partial charge in [0.1, 0.15) is 12.2 Å². The molecule has 12 heavy (non-hydrogen) atoms. The first-order valence-electron chi connectivity index (χ1n) is 3.32. The minimum Gasteiger partial charge on any atom is -0.427 e. The van der Waals surface area contributed by atoms with Crippen LogP contribution in [0.4, 0.5) is 4.79 Å². The van der Waals surface area contributed by atoms with Crippen LogP contribution in [0, 0.1) is 0 Å². The normalized spacial score (nSPS) is 29.8. The molecule has 0 radical (unpaired) electrons. The highest BCUT2D eigenvalue weighted by atomic mass is 35.6. The first-order valence-corrected chi connectivity index (χ1v) is 4.46. The molecule has 0 unspecified atom stereocenters. The van der Waals surface area contributed by atoms with Crippen molar-refractivity contribution in [2.24, 2.45) is 0 Å². The fourth-order valence-corrected chi connectivity index (χ4v) is 1.37. The van der Waals surface area contributed by atoms with Crippen LogP contribution in [0.15, 0.2) is 0 Å². The molecule has 1 fully saturated rings. The van der Waals surface area contributed by atoms with Gasteiger partial charge in [0, 0.05) is 6.42 Å². The lowest BCUT2D eigenvalue weighted by Gasteiger charge is -2.16. The number of carbonyl (C=O) groups is 1. The first kappa shape index (κ1) is 10.2. The number of hydrogen-bond donors (Lipinski definition) is 0. The van der Waals surface area contributed by atoms with Crippen molar-refractivity contribution in [1.82, 2.24) is 0 Å². The van der Waals surface area contributed by atoms with E-state index in [1.54, 1.807) is 6.92 Å². The van der Waals surface area contributed by atoms with Crippen molar-refractivity contribution in [1.29, 1.82) is 0 Å². The van der Waals surface area contributed by atoms with Gasteiger partial charge in [-0.25, -0.2) is 4.79 Å². The molecule has 0 spiro atoms. The molecule has 0 aromatic carbocycles. The summed E-state index contributed by atoms with van der Waals surface area (Å²) in [5.74, 6) is 0. The molecule has 1 aliphatic heterocycles. The van der Waals surface area contributed by atoms with Gasteiger partial charge in [0.05, 0.1) is 0 Å². The third-order valence-electron chi connectivity index (χ3n) is 1.49. The standard InChI is InChI=1S/C6H7Cl3O3/c1-3-4(2-6(7,8)9)12-5(10)11-3/h3-4H,2H2,1H3/t3-,4-/m0/s1. The summed E-state index contributed by atoms with van der Waals surface area (Å²) in [6, 6.07) is 0. The average Bonchev–Trinajstić information content (AvgIpc) is 2.06. The first-order chi connectivity index (χ1) is 5.38. The van der Waals surface area contributed by atoms with Crippen molar-refractivity contribution in [2.75, 3.05) is 0 Å². The summed E-state index contributed by atoms with van der Waals surface area (Å²) in [4.78, 5) is 10.6. The largest absolute Gasteiger partial charge is 0.509 e. The zero-order valence-electron chi connectivity index (χ0n) is 6.22. The summed E-state index contributed by atoms with van der Waals surface area (Å²) in [5.41, 5.74) is 0. The Balaban J connectivity index is 2.48. The molecule has 1 rings (SSSR count). The number of carbonyl (C=O) groups excluding carboxylic acids is 1. The molecule has 0 N–H and O–H groups in total. The Kier molecular flexibility index (Phi) is 2.97. The molecule has 0 saturated carbocycles. The minimum atomic E-state index is -1.41. The van der Waals surface area contributed by atoms with Crippen molar-refractivity contribution in [3.8, 4) is 0 Å². The highest BCUT2D eigenvalue weighted by molar-refractivity contribution is 6.67. The molecular weight excluding hydrogens is 226 g/mol. The smallest absolute Gasteiger partial charge is 0.427 e. The van der Waals surface area contributed by atoms with Gasteiger partial charge in [-0.3, -0.25) is 0 Å². The van der Waals surface area contributed by atoms with Crippen LogP contribution in [-0.2, 0) is 9.47 Å². The van der Waals surface area contributed by atoms with Gasteiger partial charge in [-0.15, -0.1) is 0 Å². The van der Waals surface area contributed by atoms with Crippen molar-refractivity contribution in [3.05, 3.63) is 0 Å². The van der Waals surface area contributed by atoms with E-state index >= 15 is 0 Å². The summed E-state index contributed by atoms with van der Waals surface area (Å²) >= 11 is 16.5. The van der Waals surface area contributed by atoms with Crippen LogP contribution >= 0.6 is 34.8 Å². The van der Waals surface area contributed by atoms with E-state index < -0.39 is 16.1 Å². The van der Waals surface area contributed by atoms with Crippen LogP contribution < -0.4 is 0 Å². The zero-order chi connectivity index (χ0) is 9.35. The van der Waals surface area contributed by atoms with E-state index in [9.17, 15) is 4.79 Å². The van der Waals surface area contributed by atoms with Gasteiger partial charge in [0.2, 0.25) is 0 Å². The highest BCUT2D eigenvalue weighted by Gasteiger charge is 2.38. The number of alkyl halides is 3. The molecule has 3 nitrogen and oxygen atoms in total. The lowest BCUT2D eigenvalue weighted by Crippen LogP contribution is -2.24. The van der Waals surface area contributed by atoms with Gasteiger partial charge in [0.15, 0.2) is 3.79 Å². The molecule has 70 valence electrons. The third-order valence-corrected chi connectivity index (χ3v) is 1.95. The lowest BCUT2D eigenvalue weighted by molar-refractivity contribution is 0.115. The number of hydrogen-bond acceptors (Lipinski definition) is 3. The second-order valence-corrected chi connectivity index (χ2v) is 5.06. The molecule has 0 amide bonds. The molecule has 1 aliphatic rings. The van der Waals surface area contributed by atoms with E-state index in [-0.39, 0.29) is 12.5 Å². The topological polar surface area (TPSA) is 35.5 Å². The summed E-state index contributed by atoms with van der Waals surface area (Å²) in [5, 5.41) is 0. The molecule has 6 heteroatoms. The Labute approximate surface area is 84.9 Å². The predicted octanol–water partition coefficient (Wildman–Crippen LogP) is 2.67. The Morgan fingerprint density at radius 3 is 2.33 bits per heavy atom. The molecule has 1 heterocycles. The van der Waals surface area contributed by atoms with Crippen molar-refractivity contribution in [2.45, 2.75) is 29.3 Å². The van der Waals surface area contributed by atoms with Gasteiger partial charge < -0.3 is 9.47 Å². The Hall–Kier alpha value is 0.140. The summed E-state index contributed by atoms with van der Waals surface area (Å²) in [6.07, 6.45) is -1.38. The lowest BCUT2D eigenvalue weighted by atomic mass is 10.2. The highest BCUT2D eigenvalue weighted by Crippen LogP contribution is 2.35. The van der Waals surface area contributed by atoms with E-state index in [1.807, 2.05) is 0 Å². The minimum absolute atomic E-state index is 0.143. The maximum Gasteiger partial charge on any atom is 0.509 e. The summed E-state index contributed by atoms with van der Waals surface area (Å²) < 4.78 is 8.01. The van der Waals surface area contributed by atoms with Crippen molar-refractivity contribution in [3.63, 3.8) is 0 Å². The van der Waals surface area contributed by atoms with E-state index in [1.165, 1.54) is 0 Å². The van der Waals surface area contributed by atoms with Gasteiger partial charge >= 0.3 is 6.16 Å². The van der Waals surface area contributed by atoms with Gasteiger partial charge in [0.25, 0.3) is 0 Å². The Bertz CT molecular complexity index is 189. The van der Waals surface area contributed by atoms with Crippen molar-refractivity contribution >= 4 is 41.0 Å². The number of halogens is 3. The number of ether oxygens (including phenoxy) is 2. The molecule has 0 aromatic heterocycles. The van der Waals surface area contributed by atoms with Gasteiger partial charge in [-0.05, 0) is 6.92 Å². The van der Waals surface area contributed by atoms with E-state index in [0.29, 0.717) is 0 Å². The Morgan fingerprint density at radius 1 is 1.42 bits per heavy atom. The van der Waals surface area contributed by atoms with Crippen LogP contribution in [0.25, 0.3) is 0 Å². The van der Waals surface area contributed by atoms with E-state index in [4.69, 9.17) is 39.5 Å². The SMILES string of the molecule is C[C@@H]1OC(=O)O[C@H]1CC(Cl)(Cl)Cl. The second-order valence-electron chi connectivity index (χ2n) is 2.55. The Morgan fingerprint density at radius 2 is 2.00 bits per heavy atom.